The fraction of sp³-hybridized carbons (Fsp3) is 0.250. The molecule has 0 saturated heterocycles. The summed E-state index contributed by atoms with van der Waals surface area (Å²) in [7, 11) is 0. The number of nitrogens with two attached hydrogens (primary N) is 1. The molecule has 1 rings (SSSR count). The van der Waals surface area contributed by atoms with E-state index in [0.717, 1.165) is 23.1 Å². The largest absolute Gasteiger partial charge is 0.478 e. The molecular weight excluding hydrogens is 269 g/mol. The van der Waals surface area contributed by atoms with Gasteiger partial charge in [0.25, 0.3) is 0 Å². The molecule has 8 heteroatoms. The minimum Gasteiger partial charge on any atom is -0.478 e. The number of carboxylic acids is 1. The van der Waals surface area contributed by atoms with E-state index in [0.29, 0.717) is 0 Å². The van der Waals surface area contributed by atoms with E-state index < -0.39 is 23.7 Å². The van der Waals surface area contributed by atoms with Crippen LogP contribution >= 0.6 is 0 Å². The number of carboxylic acid groups (broad SMARTS) is 1. The first-order valence-electron chi connectivity index (χ1n) is 5.72. The molecule has 108 valence electrons. The molecule has 0 spiro atoms. The monoisotopic (exact) mass is 283 g/mol. The second kappa shape index (κ2) is 6.50. The molecule has 7 nitrogen and oxygen atoms in total. The van der Waals surface area contributed by atoms with Crippen molar-refractivity contribution in [2.45, 2.75) is 6.92 Å². The average Bonchev–Trinajstić information content (AvgIpc) is 2.37. The van der Waals surface area contributed by atoms with Crippen LogP contribution in [0.15, 0.2) is 18.2 Å². The molecule has 1 aromatic rings. The summed E-state index contributed by atoms with van der Waals surface area (Å²) in [4.78, 5) is 34.3. The number of urea groups is 1. The molecule has 0 radical (unpaired) electrons. The minimum absolute atomic E-state index is 0.178. The fourth-order valence-corrected chi connectivity index (χ4v) is 1.46. The first kappa shape index (κ1) is 15.4. The Labute approximate surface area is 114 Å². The summed E-state index contributed by atoms with van der Waals surface area (Å²) >= 11 is 0. The Morgan fingerprint density at radius 1 is 1.40 bits per heavy atom. The molecular formula is C12H14FN3O4. The summed E-state index contributed by atoms with van der Waals surface area (Å²) in [6, 6.07) is 2.39. The number of nitrogens with one attached hydrogen (secondary N) is 1. The number of hydrogen-bond donors (Lipinski definition) is 3. The SMILES string of the molecule is CCN(CC(N)=O)C(=O)Nc1ccc(C(=O)O)cc1F. The molecule has 20 heavy (non-hydrogen) atoms. The van der Waals surface area contributed by atoms with Crippen LogP contribution < -0.4 is 11.1 Å². The molecule has 0 fully saturated rings. The van der Waals surface area contributed by atoms with E-state index >= 15 is 0 Å². The minimum atomic E-state index is -1.27. The van der Waals surface area contributed by atoms with Crippen molar-refractivity contribution in [3.8, 4) is 0 Å². The van der Waals surface area contributed by atoms with Gasteiger partial charge in [0.1, 0.15) is 12.4 Å². The lowest BCUT2D eigenvalue weighted by Crippen LogP contribution is -2.40. The van der Waals surface area contributed by atoms with E-state index in [-0.39, 0.29) is 24.3 Å². The van der Waals surface area contributed by atoms with Crippen molar-refractivity contribution in [2.24, 2.45) is 5.73 Å². The third kappa shape index (κ3) is 3.94. The molecule has 0 unspecified atom stereocenters. The summed E-state index contributed by atoms with van der Waals surface area (Å²) in [6.45, 7) is 1.55. The van der Waals surface area contributed by atoms with Gasteiger partial charge in [-0.25, -0.2) is 14.0 Å². The Kier molecular flexibility index (Phi) is 5.01. The number of aromatic carboxylic acids is 1. The van der Waals surface area contributed by atoms with E-state index in [2.05, 4.69) is 5.32 Å². The maximum absolute atomic E-state index is 13.6. The lowest BCUT2D eigenvalue weighted by Gasteiger charge is -2.19. The molecule has 4 N–H and O–H groups in total. The van der Waals surface area contributed by atoms with Gasteiger partial charge in [0.2, 0.25) is 5.91 Å². The van der Waals surface area contributed by atoms with E-state index in [1.807, 2.05) is 0 Å². The van der Waals surface area contributed by atoms with Crippen molar-refractivity contribution >= 4 is 23.6 Å². The van der Waals surface area contributed by atoms with Gasteiger partial charge < -0.3 is 21.1 Å². The maximum atomic E-state index is 13.6. The number of hydrogen-bond acceptors (Lipinski definition) is 3. The summed E-state index contributed by atoms with van der Waals surface area (Å²) in [5.41, 5.74) is 4.57. The highest BCUT2D eigenvalue weighted by molar-refractivity contribution is 5.93. The number of benzene rings is 1. The van der Waals surface area contributed by atoms with Crippen LogP contribution in [0.25, 0.3) is 0 Å². The Bertz CT molecular complexity index is 548. The lowest BCUT2D eigenvalue weighted by atomic mass is 10.2. The third-order valence-corrected chi connectivity index (χ3v) is 2.47. The number of amides is 3. The Balaban J connectivity index is 2.84. The number of nitrogens with zero attached hydrogens (tertiary/aromatic N) is 1. The van der Waals surface area contributed by atoms with E-state index in [1.54, 1.807) is 6.92 Å². The van der Waals surface area contributed by atoms with Gasteiger partial charge in [-0.1, -0.05) is 0 Å². The average molecular weight is 283 g/mol. The molecule has 0 aromatic heterocycles. The summed E-state index contributed by atoms with van der Waals surface area (Å²) in [5, 5.41) is 10.9. The van der Waals surface area contributed by atoms with Gasteiger partial charge in [0, 0.05) is 6.54 Å². The molecule has 1 aromatic carbocycles. The van der Waals surface area contributed by atoms with E-state index in [9.17, 15) is 18.8 Å². The van der Waals surface area contributed by atoms with Crippen molar-refractivity contribution in [1.82, 2.24) is 4.90 Å². The summed E-state index contributed by atoms with van der Waals surface area (Å²) < 4.78 is 13.6. The van der Waals surface area contributed by atoms with Gasteiger partial charge in [0.05, 0.1) is 11.3 Å². The number of carbonyl (C=O) groups excluding carboxylic acids is 2. The van der Waals surface area contributed by atoms with Gasteiger partial charge in [-0.05, 0) is 25.1 Å². The number of carbonyl (C=O) groups is 3. The predicted octanol–water partition coefficient (Wildman–Crippen LogP) is 0.863. The Morgan fingerprint density at radius 3 is 2.50 bits per heavy atom. The second-order valence-electron chi connectivity index (χ2n) is 3.91. The lowest BCUT2D eigenvalue weighted by molar-refractivity contribution is -0.118. The van der Waals surface area contributed by atoms with Gasteiger partial charge in [-0.2, -0.15) is 0 Å². The highest BCUT2D eigenvalue weighted by atomic mass is 19.1. The number of primary amides is 1. The molecule has 0 bridgehead atoms. The van der Waals surface area contributed by atoms with E-state index in [1.165, 1.54) is 0 Å². The summed E-state index contributed by atoms with van der Waals surface area (Å²) in [5.74, 6) is -2.84. The normalized spacial score (nSPS) is 9.90. The molecule has 0 aliphatic carbocycles. The molecule has 0 heterocycles. The van der Waals surface area contributed by atoms with Crippen molar-refractivity contribution in [1.29, 1.82) is 0 Å². The molecule has 0 aliphatic heterocycles. The van der Waals surface area contributed by atoms with E-state index in [4.69, 9.17) is 10.8 Å². The first-order chi connectivity index (χ1) is 9.35. The van der Waals surface area contributed by atoms with Crippen LogP contribution in [0.3, 0.4) is 0 Å². The number of rotatable bonds is 5. The molecule has 0 saturated carbocycles. The zero-order chi connectivity index (χ0) is 15.3. The first-order valence-corrected chi connectivity index (χ1v) is 5.72. The van der Waals surface area contributed by atoms with Crippen LogP contribution in [-0.2, 0) is 4.79 Å². The second-order valence-corrected chi connectivity index (χ2v) is 3.91. The third-order valence-electron chi connectivity index (χ3n) is 2.47. The van der Waals surface area contributed by atoms with Crippen LogP contribution in [0.4, 0.5) is 14.9 Å². The number of likely N-dealkylation sites (N-methyl/N-ethyl adjacent to an activating group) is 1. The van der Waals surface area contributed by atoms with Crippen LogP contribution in [0.2, 0.25) is 0 Å². The number of anilines is 1. The molecule has 3 amide bonds. The van der Waals surface area contributed by atoms with Crippen molar-refractivity contribution in [3.63, 3.8) is 0 Å². The standard InChI is InChI=1S/C12H14FN3O4/c1-2-16(6-10(14)17)12(20)15-9-4-3-7(11(18)19)5-8(9)13/h3-5H,2,6H2,1H3,(H2,14,17)(H,15,20)(H,18,19). The highest BCUT2D eigenvalue weighted by Crippen LogP contribution is 2.16. The Hall–Kier alpha value is -2.64. The smallest absolute Gasteiger partial charge is 0.335 e. The number of halogens is 1. The zero-order valence-corrected chi connectivity index (χ0v) is 10.7. The van der Waals surface area contributed by atoms with Crippen molar-refractivity contribution in [3.05, 3.63) is 29.6 Å². The van der Waals surface area contributed by atoms with Crippen molar-refractivity contribution < 1.29 is 23.9 Å². The quantitative estimate of drug-likeness (QED) is 0.743. The maximum Gasteiger partial charge on any atom is 0.335 e. The van der Waals surface area contributed by atoms with Crippen LogP contribution in [0.1, 0.15) is 17.3 Å². The Morgan fingerprint density at radius 2 is 2.05 bits per heavy atom. The van der Waals surface area contributed by atoms with Gasteiger partial charge in [0.15, 0.2) is 0 Å². The van der Waals surface area contributed by atoms with Crippen LogP contribution in [0, 0.1) is 5.82 Å². The topological polar surface area (TPSA) is 113 Å². The van der Waals surface area contributed by atoms with Crippen LogP contribution in [-0.4, -0.2) is 41.0 Å². The van der Waals surface area contributed by atoms with Crippen LogP contribution in [0.5, 0.6) is 0 Å². The highest BCUT2D eigenvalue weighted by Gasteiger charge is 2.16. The van der Waals surface area contributed by atoms with Gasteiger partial charge in [-0.15, -0.1) is 0 Å². The van der Waals surface area contributed by atoms with Gasteiger partial charge in [-0.3, -0.25) is 4.79 Å². The van der Waals surface area contributed by atoms with Gasteiger partial charge >= 0.3 is 12.0 Å². The van der Waals surface area contributed by atoms with Crippen molar-refractivity contribution in [2.75, 3.05) is 18.4 Å². The fourth-order valence-electron chi connectivity index (χ4n) is 1.46. The predicted molar refractivity (Wildman–Crippen MR) is 68.8 cm³/mol. The summed E-state index contributed by atoms with van der Waals surface area (Å²) in [6.07, 6.45) is 0. The zero-order valence-electron chi connectivity index (χ0n) is 10.7. The molecule has 0 atom stereocenters. The molecule has 0 aliphatic rings.